The van der Waals surface area contributed by atoms with Gasteiger partial charge in [-0.2, -0.15) is 13.2 Å². The van der Waals surface area contributed by atoms with Crippen molar-refractivity contribution in [1.82, 2.24) is 9.80 Å². The van der Waals surface area contributed by atoms with Crippen molar-refractivity contribution in [3.8, 4) is 16.9 Å². The van der Waals surface area contributed by atoms with Crippen LogP contribution in [-0.4, -0.2) is 71.8 Å². The summed E-state index contributed by atoms with van der Waals surface area (Å²) in [7, 11) is 1.57. The van der Waals surface area contributed by atoms with Gasteiger partial charge >= 0.3 is 12.1 Å². The average molecular weight is 681 g/mol. The predicted molar refractivity (Wildman–Crippen MR) is 180 cm³/mol. The van der Waals surface area contributed by atoms with Gasteiger partial charge in [0, 0.05) is 44.1 Å². The number of carbonyl (C=O) groups is 2. The van der Waals surface area contributed by atoms with Gasteiger partial charge in [0.2, 0.25) is 5.67 Å². The summed E-state index contributed by atoms with van der Waals surface area (Å²) >= 11 is 0. The Kier molecular flexibility index (Phi) is 9.81. The number of carboxylic acid groups (broad SMARTS) is 1. The fourth-order valence-corrected chi connectivity index (χ4v) is 8.32. The van der Waals surface area contributed by atoms with E-state index >= 15 is 4.39 Å². The highest BCUT2D eigenvalue weighted by Crippen LogP contribution is 2.47. The monoisotopic (exact) mass is 680 g/mol. The van der Waals surface area contributed by atoms with Crippen LogP contribution in [0.2, 0.25) is 0 Å². The van der Waals surface area contributed by atoms with Gasteiger partial charge in [-0.3, -0.25) is 9.69 Å². The van der Waals surface area contributed by atoms with Gasteiger partial charge in [-0.15, -0.1) is 0 Å². The van der Waals surface area contributed by atoms with Crippen LogP contribution >= 0.6 is 0 Å². The first-order valence-electron chi connectivity index (χ1n) is 17.2. The topological polar surface area (TPSA) is 70.1 Å². The van der Waals surface area contributed by atoms with Crippen molar-refractivity contribution in [2.75, 3.05) is 33.3 Å². The van der Waals surface area contributed by atoms with Gasteiger partial charge < -0.3 is 14.7 Å². The molecule has 1 aliphatic carbocycles. The van der Waals surface area contributed by atoms with E-state index in [4.69, 9.17) is 4.74 Å². The van der Waals surface area contributed by atoms with Crippen LogP contribution in [0.1, 0.15) is 84.8 Å². The molecule has 0 aromatic heterocycles. The summed E-state index contributed by atoms with van der Waals surface area (Å²) < 4.78 is 64.8. The van der Waals surface area contributed by atoms with Crippen molar-refractivity contribution in [2.24, 2.45) is 11.8 Å². The van der Waals surface area contributed by atoms with E-state index in [9.17, 15) is 27.9 Å². The first kappa shape index (κ1) is 34.9. The number of amides is 1. The van der Waals surface area contributed by atoms with Gasteiger partial charge in [-0.1, -0.05) is 50.6 Å². The lowest BCUT2D eigenvalue weighted by Gasteiger charge is -2.34. The Hall–Kier alpha value is -3.92. The zero-order valence-electron chi connectivity index (χ0n) is 28.2. The molecule has 49 heavy (non-hydrogen) atoms. The number of methoxy groups -OCH3 is 1. The van der Waals surface area contributed by atoms with Gasteiger partial charge in [0.1, 0.15) is 5.75 Å². The number of carbonyl (C=O) groups excluding carboxylic acids is 1. The Balaban J connectivity index is 1.33. The quantitative estimate of drug-likeness (QED) is 0.242. The molecule has 0 spiro atoms. The van der Waals surface area contributed by atoms with Crippen LogP contribution in [0.25, 0.3) is 11.1 Å². The number of aromatic carboxylic acids is 1. The van der Waals surface area contributed by atoms with Crippen molar-refractivity contribution < 1.29 is 37.0 Å². The molecule has 10 heteroatoms. The van der Waals surface area contributed by atoms with Gasteiger partial charge in [-0.25, -0.2) is 9.18 Å². The lowest BCUT2D eigenvalue weighted by molar-refractivity contribution is -0.143. The highest BCUT2D eigenvalue weighted by Gasteiger charge is 2.57. The summed E-state index contributed by atoms with van der Waals surface area (Å²) in [4.78, 5) is 29.8. The van der Waals surface area contributed by atoms with Crippen molar-refractivity contribution in [3.63, 3.8) is 0 Å². The number of ether oxygens (including phenoxy) is 1. The third kappa shape index (κ3) is 6.94. The minimum Gasteiger partial charge on any atom is -0.497 e. The minimum atomic E-state index is -4.59. The van der Waals surface area contributed by atoms with Crippen LogP contribution in [0, 0.1) is 11.8 Å². The zero-order chi connectivity index (χ0) is 35.1. The van der Waals surface area contributed by atoms with Crippen LogP contribution in [0.4, 0.5) is 17.6 Å². The Morgan fingerprint density at radius 3 is 2.20 bits per heavy atom. The van der Waals surface area contributed by atoms with Crippen LogP contribution in [-0.2, 0) is 11.0 Å². The van der Waals surface area contributed by atoms with E-state index in [1.54, 1.807) is 24.1 Å². The van der Waals surface area contributed by atoms with Gasteiger partial charge in [-0.05, 0) is 96.2 Å². The summed E-state index contributed by atoms with van der Waals surface area (Å²) in [6.07, 6.45) is 0.131. The molecule has 3 fully saturated rings. The van der Waals surface area contributed by atoms with E-state index in [0.29, 0.717) is 47.9 Å². The minimum absolute atomic E-state index is 0.000983. The molecule has 1 amide bonds. The van der Waals surface area contributed by atoms with Gasteiger partial charge in [0.25, 0.3) is 5.91 Å². The highest BCUT2D eigenvalue weighted by atomic mass is 19.4. The molecule has 2 saturated heterocycles. The average Bonchev–Trinajstić information content (AvgIpc) is 3.69. The third-order valence-electron chi connectivity index (χ3n) is 11.3. The third-order valence-corrected chi connectivity index (χ3v) is 11.3. The lowest BCUT2D eigenvalue weighted by Crippen LogP contribution is -2.50. The number of hydrogen-bond donors (Lipinski definition) is 1. The zero-order valence-corrected chi connectivity index (χ0v) is 28.2. The molecule has 1 N–H and O–H groups in total. The van der Waals surface area contributed by atoms with E-state index in [0.717, 1.165) is 43.4 Å². The van der Waals surface area contributed by atoms with E-state index in [1.165, 1.54) is 30.3 Å². The Bertz CT molecular complexity index is 1650. The van der Waals surface area contributed by atoms with E-state index in [2.05, 4.69) is 11.8 Å². The van der Waals surface area contributed by atoms with E-state index < -0.39 is 35.2 Å². The molecule has 2 heterocycles. The maximum Gasteiger partial charge on any atom is 0.416 e. The number of halogens is 4. The summed E-state index contributed by atoms with van der Waals surface area (Å²) in [5, 5.41) is 9.37. The maximum atomic E-state index is 17.7. The second kappa shape index (κ2) is 13.8. The second-order valence-electron chi connectivity index (χ2n) is 14.2. The van der Waals surface area contributed by atoms with E-state index in [-0.39, 0.29) is 36.5 Å². The van der Waals surface area contributed by atoms with Crippen LogP contribution < -0.4 is 4.74 Å². The molecular weight excluding hydrogens is 636 g/mol. The van der Waals surface area contributed by atoms with Crippen molar-refractivity contribution >= 4 is 11.9 Å². The molecule has 0 radical (unpaired) electrons. The number of likely N-dealkylation sites (tertiary alicyclic amines) is 2. The normalized spacial score (nSPS) is 27.7. The number of rotatable bonds is 8. The Morgan fingerprint density at radius 2 is 1.61 bits per heavy atom. The number of hydrogen-bond acceptors (Lipinski definition) is 4. The first-order chi connectivity index (χ1) is 23.3. The van der Waals surface area contributed by atoms with Crippen molar-refractivity contribution in [2.45, 2.75) is 75.7 Å². The largest absolute Gasteiger partial charge is 0.497 e. The molecule has 6 nitrogen and oxygen atoms in total. The summed E-state index contributed by atoms with van der Waals surface area (Å²) in [6.45, 7) is 5.11. The van der Waals surface area contributed by atoms with E-state index in [1.807, 2.05) is 19.1 Å². The summed E-state index contributed by atoms with van der Waals surface area (Å²) in [6, 6.07) is 16.8. The standard InChI is InChI=1S/C39H44F4N2O4/c1-4-25-20-44(21-34(25)32-18-13-29(39(41,42)43)19-33(32)26-7-9-28(10-8-26)36(46)47)37(48)38(40)23-45(30-14-5-24(2)6-15-30)22-35(38)27-11-16-31(49-3)17-12-27/h7-13,16-19,24-25,30,34-35H,4-6,14-15,20-23H2,1-3H3,(H,46,47)/t24-,25-,30-,34-,35-,38-/m0/s1. The molecule has 4 atom stereocenters. The second-order valence-corrected chi connectivity index (χ2v) is 14.2. The number of carboxylic acids is 1. The van der Waals surface area contributed by atoms with Crippen LogP contribution in [0.15, 0.2) is 66.7 Å². The number of alkyl halides is 4. The highest BCUT2D eigenvalue weighted by molar-refractivity contribution is 5.89. The fourth-order valence-electron chi connectivity index (χ4n) is 8.32. The Morgan fingerprint density at radius 1 is 0.939 bits per heavy atom. The molecule has 0 bridgehead atoms. The maximum absolute atomic E-state index is 17.7. The SMILES string of the molecule is CC[C@H]1CN(C(=O)[C@]2(F)CN([C@H]3CC[C@H](C)CC3)C[C@H]2c2ccc(OC)cc2)C[C@@H]1c1ccc(C(F)(F)F)cc1-c1ccc(C(=O)O)cc1. The summed E-state index contributed by atoms with van der Waals surface area (Å²) in [5.74, 6) is -1.56. The summed E-state index contributed by atoms with van der Waals surface area (Å²) in [5.41, 5.74) is -0.839. The smallest absolute Gasteiger partial charge is 0.416 e. The van der Waals surface area contributed by atoms with Crippen molar-refractivity contribution in [3.05, 3.63) is 89.0 Å². The van der Waals surface area contributed by atoms with Gasteiger partial charge in [0.05, 0.1) is 18.2 Å². The fraction of sp³-hybridized carbons (Fsp3) is 0.487. The first-order valence-corrected chi connectivity index (χ1v) is 17.2. The molecule has 0 unspecified atom stereocenters. The van der Waals surface area contributed by atoms with Crippen LogP contribution in [0.3, 0.4) is 0 Å². The number of benzene rings is 3. The van der Waals surface area contributed by atoms with Gasteiger partial charge in [0.15, 0.2) is 0 Å². The molecule has 3 aromatic rings. The van der Waals surface area contributed by atoms with Crippen molar-refractivity contribution in [1.29, 1.82) is 0 Å². The predicted octanol–water partition coefficient (Wildman–Crippen LogP) is 8.42. The molecule has 1 saturated carbocycles. The lowest BCUT2D eigenvalue weighted by atomic mass is 9.82. The number of nitrogens with zero attached hydrogens (tertiary/aromatic N) is 2. The molecular formula is C39H44F4N2O4. The molecule has 3 aromatic carbocycles. The Labute approximate surface area is 285 Å². The molecule has 262 valence electrons. The molecule has 2 aliphatic heterocycles. The van der Waals surface area contributed by atoms with Crippen LogP contribution in [0.5, 0.6) is 5.75 Å². The molecule has 3 aliphatic rings. The molecule has 6 rings (SSSR count).